The lowest BCUT2D eigenvalue weighted by atomic mass is 10.2. The van der Waals surface area contributed by atoms with E-state index in [1.165, 1.54) is 12.8 Å². The number of fused-ring (bicyclic) bond motifs is 1. The van der Waals surface area contributed by atoms with Crippen molar-refractivity contribution < 1.29 is 9.32 Å². The van der Waals surface area contributed by atoms with Crippen molar-refractivity contribution in [2.45, 2.75) is 57.9 Å². The highest BCUT2D eigenvalue weighted by molar-refractivity contribution is 5.78. The lowest BCUT2D eigenvalue weighted by molar-refractivity contribution is -0.121. The molecule has 3 aromatic heterocycles. The average molecular weight is 354 g/mol. The number of carbonyl (C=O) groups is 1. The molecule has 0 spiro atoms. The second kappa shape index (κ2) is 6.86. The van der Waals surface area contributed by atoms with Crippen molar-refractivity contribution in [3.63, 3.8) is 0 Å². The summed E-state index contributed by atoms with van der Waals surface area (Å²) in [6, 6.07) is 4.01. The maximum Gasteiger partial charge on any atom is 0.258 e. The summed E-state index contributed by atoms with van der Waals surface area (Å²) in [7, 11) is 0. The zero-order chi connectivity index (χ0) is 18.1. The van der Waals surface area contributed by atoms with E-state index in [4.69, 9.17) is 4.52 Å². The minimum atomic E-state index is -0.00578. The molecular formula is C18H22N6O2. The molecule has 1 aliphatic carbocycles. The van der Waals surface area contributed by atoms with Crippen molar-refractivity contribution in [2.24, 2.45) is 0 Å². The molecule has 8 heteroatoms. The summed E-state index contributed by atoms with van der Waals surface area (Å²) in [6.45, 7) is 4.03. The van der Waals surface area contributed by atoms with E-state index in [2.05, 4.69) is 25.7 Å². The molecule has 0 atom stereocenters. The number of carbonyl (C=O) groups excluding carboxylic acids is 1. The van der Waals surface area contributed by atoms with Crippen LogP contribution in [-0.2, 0) is 11.2 Å². The summed E-state index contributed by atoms with van der Waals surface area (Å²) < 4.78 is 7.14. The van der Waals surface area contributed by atoms with Gasteiger partial charge in [-0.25, -0.2) is 0 Å². The van der Waals surface area contributed by atoms with Crippen LogP contribution < -0.4 is 5.32 Å². The fraction of sp³-hybridized carbons (Fsp3) is 0.500. The molecule has 1 saturated carbocycles. The van der Waals surface area contributed by atoms with Crippen molar-refractivity contribution in [3.05, 3.63) is 30.0 Å². The molecule has 0 bridgehead atoms. The normalized spacial score (nSPS) is 15.2. The number of nitrogens with zero attached hydrogens (tertiary/aromatic N) is 5. The van der Waals surface area contributed by atoms with E-state index < -0.39 is 0 Å². The summed E-state index contributed by atoms with van der Waals surface area (Å²) in [5.41, 5.74) is 1.43. The van der Waals surface area contributed by atoms with Crippen LogP contribution in [0.3, 0.4) is 0 Å². The molecule has 8 nitrogen and oxygen atoms in total. The first kappa shape index (κ1) is 16.7. The lowest BCUT2D eigenvalue weighted by Gasteiger charge is -2.11. The largest absolute Gasteiger partial charge is 0.353 e. The zero-order valence-corrected chi connectivity index (χ0v) is 15.0. The molecule has 3 heterocycles. The number of pyridine rings is 1. The third-order valence-corrected chi connectivity index (χ3v) is 4.72. The van der Waals surface area contributed by atoms with Gasteiger partial charge < -0.3 is 9.84 Å². The van der Waals surface area contributed by atoms with E-state index in [1.54, 1.807) is 0 Å². The van der Waals surface area contributed by atoms with Gasteiger partial charge in [0.2, 0.25) is 5.91 Å². The number of amides is 1. The molecule has 1 amide bonds. The molecular weight excluding hydrogens is 332 g/mol. The van der Waals surface area contributed by atoms with Gasteiger partial charge in [0.05, 0.1) is 6.42 Å². The Kier molecular flexibility index (Phi) is 4.40. The second-order valence-corrected chi connectivity index (χ2v) is 7.10. The van der Waals surface area contributed by atoms with Crippen LogP contribution in [0.5, 0.6) is 0 Å². The summed E-state index contributed by atoms with van der Waals surface area (Å²) in [4.78, 5) is 16.6. The van der Waals surface area contributed by atoms with Gasteiger partial charge in [0.25, 0.3) is 5.89 Å². The summed E-state index contributed by atoms with van der Waals surface area (Å²) in [5, 5.41) is 15.4. The van der Waals surface area contributed by atoms with Crippen LogP contribution in [0.4, 0.5) is 0 Å². The highest BCUT2D eigenvalue weighted by atomic mass is 16.5. The molecule has 1 aliphatic rings. The van der Waals surface area contributed by atoms with E-state index in [1.807, 2.05) is 36.6 Å². The van der Waals surface area contributed by atoms with Gasteiger partial charge in [0.15, 0.2) is 11.5 Å². The summed E-state index contributed by atoms with van der Waals surface area (Å²) in [6.07, 6.45) is 6.57. The SMILES string of the molecule is CC(C)c1noc(-c2ccn3c(CC(=O)NC4CCCC4)nnc3c2)n1. The first-order valence-corrected chi connectivity index (χ1v) is 9.07. The van der Waals surface area contributed by atoms with Crippen molar-refractivity contribution in [1.82, 2.24) is 30.1 Å². The number of hydrogen-bond donors (Lipinski definition) is 1. The number of hydrogen-bond acceptors (Lipinski definition) is 6. The monoisotopic (exact) mass is 354 g/mol. The van der Waals surface area contributed by atoms with E-state index in [0.717, 1.165) is 18.4 Å². The number of nitrogens with one attached hydrogen (secondary N) is 1. The summed E-state index contributed by atoms with van der Waals surface area (Å²) >= 11 is 0. The highest BCUT2D eigenvalue weighted by Gasteiger charge is 2.19. The van der Waals surface area contributed by atoms with Gasteiger partial charge in [0.1, 0.15) is 5.82 Å². The van der Waals surface area contributed by atoms with Crippen molar-refractivity contribution in [1.29, 1.82) is 0 Å². The van der Waals surface area contributed by atoms with Crippen LogP contribution in [0.15, 0.2) is 22.9 Å². The standard InChI is InChI=1S/C18H22N6O2/c1-11(2)17-20-18(26-23-17)12-7-8-24-14(9-12)21-22-15(24)10-16(25)19-13-5-3-4-6-13/h7-9,11,13H,3-6,10H2,1-2H3,(H,19,25). The van der Waals surface area contributed by atoms with Gasteiger partial charge in [-0.1, -0.05) is 31.8 Å². The number of rotatable bonds is 5. The fourth-order valence-corrected chi connectivity index (χ4v) is 3.27. The third-order valence-electron chi connectivity index (χ3n) is 4.72. The van der Waals surface area contributed by atoms with Crippen LogP contribution in [0.1, 0.15) is 57.1 Å². The molecule has 0 saturated heterocycles. The van der Waals surface area contributed by atoms with E-state index in [-0.39, 0.29) is 18.2 Å². The Labute approximate surface area is 151 Å². The van der Waals surface area contributed by atoms with Gasteiger partial charge in [-0.15, -0.1) is 10.2 Å². The maximum absolute atomic E-state index is 12.2. The predicted octanol–water partition coefficient (Wildman–Crippen LogP) is 2.50. The Morgan fingerprint density at radius 2 is 2.15 bits per heavy atom. The van der Waals surface area contributed by atoms with Crippen LogP contribution in [0, 0.1) is 0 Å². The minimum absolute atomic E-state index is 0.00578. The Bertz CT molecular complexity index is 923. The van der Waals surface area contributed by atoms with Crippen molar-refractivity contribution in [3.8, 4) is 11.5 Å². The predicted molar refractivity (Wildman–Crippen MR) is 94.5 cm³/mol. The molecule has 0 unspecified atom stereocenters. The summed E-state index contributed by atoms with van der Waals surface area (Å²) in [5.74, 6) is 1.95. The molecule has 1 fully saturated rings. The molecule has 0 aromatic carbocycles. The van der Waals surface area contributed by atoms with E-state index >= 15 is 0 Å². The van der Waals surface area contributed by atoms with Crippen LogP contribution in [-0.4, -0.2) is 36.7 Å². The molecule has 0 radical (unpaired) electrons. The Balaban J connectivity index is 1.52. The first-order valence-electron chi connectivity index (χ1n) is 9.07. The molecule has 3 aromatic rings. The minimum Gasteiger partial charge on any atom is -0.353 e. The highest BCUT2D eigenvalue weighted by Crippen LogP contribution is 2.21. The van der Waals surface area contributed by atoms with Gasteiger partial charge in [0, 0.05) is 23.7 Å². The Morgan fingerprint density at radius 3 is 2.88 bits per heavy atom. The molecule has 136 valence electrons. The van der Waals surface area contributed by atoms with Gasteiger partial charge in [-0.2, -0.15) is 4.98 Å². The number of aromatic nitrogens is 5. The molecule has 0 aliphatic heterocycles. The van der Waals surface area contributed by atoms with E-state index in [9.17, 15) is 4.79 Å². The van der Waals surface area contributed by atoms with Gasteiger partial charge in [-0.3, -0.25) is 9.20 Å². The lowest BCUT2D eigenvalue weighted by Crippen LogP contribution is -2.34. The molecule has 4 rings (SSSR count). The van der Waals surface area contributed by atoms with Crippen molar-refractivity contribution >= 4 is 11.6 Å². The average Bonchev–Trinajstić information content (AvgIpc) is 3.35. The third kappa shape index (κ3) is 3.31. The Hall–Kier alpha value is -2.77. The second-order valence-electron chi connectivity index (χ2n) is 7.10. The van der Waals surface area contributed by atoms with Crippen LogP contribution in [0.25, 0.3) is 17.1 Å². The van der Waals surface area contributed by atoms with Crippen LogP contribution in [0.2, 0.25) is 0 Å². The zero-order valence-electron chi connectivity index (χ0n) is 15.0. The quantitative estimate of drug-likeness (QED) is 0.756. The van der Waals surface area contributed by atoms with E-state index in [0.29, 0.717) is 29.2 Å². The maximum atomic E-state index is 12.2. The smallest absolute Gasteiger partial charge is 0.258 e. The topological polar surface area (TPSA) is 98.2 Å². The van der Waals surface area contributed by atoms with Crippen LogP contribution >= 0.6 is 0 Å². The van der Waals surface area contributed by atoms with Gasteiger partial charge in [-0.05, 0) is 25.0 Å². The Morgan fingerprint density at radius 1 is 1.35 bits per heavy atom. The fourth-order valence-electron chi connectivity index (χ4n) is 3.27. The molecule has 26 heavy (non-hydrogen) atoms. The first-order chi connectivity index (χ1) is 12.6. The van der Waals surface area contributed by atoms with Crippen molar-refractivity contribution in [2.75, 3.05) is 0 Å². The van der Waals surface area contributed by atoms with Gasteiger partial charge >= 0.3 is 0 Å². The molecule has 1 N–H and O–H groups in total.